The molecule has 172 valence electrons. The number of aliphatic carboxylic acids is 1. The Labute approximate surface area is 196 Å². The Morgan fingerprint density at radius 1 is 1.09 bits per heavy atom. The first kappa shape index (κ1) is 23.1. The summed E-state index contributed by atoms with van der Waals surface area (Å²) in [7, 11) is 0. The van der Waals surface area contributed by atoms with Crippen molar-refractivity contribution >= 4 is 17.6 Å². The molecular weight excluding hydrogens is 442 g/mol. The molecule has 0 spiro atoms. The average molecular weight is 468 g/mol. The van der Waals surface area contributed by atoms with Crippen molar-refractivity contribution in [3.8, 4) is 22.4 Å². The van der Waals surface area contributed by atoms with Crippen molar-refractivity contribution in [2.75, 3.05) is 13.2 Å². The zero-order chi connectivity index (χ0) is 23.2. The number of H-pyrrole nitrogens is 1. The summed E-state index contributed by atoms with van der Waals surface area (Å²) in [5.74, 6) is -0.246. The van der Waals surface area contributed by atoms with E-state index in [2.05, 4.69) is 15.2 Å². The lowest BCUT2D eigenvalue weighted by atomic mass is 9.78. The standard InChI is InChI=1S/C25H26ClN3O4/c26-20-11-19(12-27-13-20)23-21(25(32)29-28-24(23)18-4-2-1-3-5-18)10-16-6-8-17(9-7-16)14-33-15-22(30)31/h1-5,11-13,16-17H,6-10,14-15H2,(H,29,32)(H,30,31). The third-order valence-corrected chi connectivity index (χ3v) is 6.37. The molecule has 2 heterocycles. The number of rotatable bonds is 8. The molecule has 1 aliphatic carbocycles. The maximum Gasteiger partial charge on any atom is 0.329 e. The van der Waals surface area contributed by atoms with Gasteiger partial charge in [0.2, 0.25) is 0 Å². The van der Waals surface area contributed by atoms with Crippen LogP contribution in [0.15, 0.2) is 53.6 Å². The second-order valence-corrected chi connectivity index (χ2v) is 8.95. The van der Waals surface area contributed by atoms with Crippen LogP contribution in [-0.2, 0) is 16.0 Å². The SMILES string of the molecule is O=C(O)COCC1CCC(Cc2c(-c3cncc(Cl)c3)c(-c3ccccc3)n[nH]c2=O)CC1. The maximum atomic E-state index is 13.0. The second-order valence-electron chi connectivity index (χ2n) is 8.51. The van der Waals surface area contributed by atoms with Gasteiger partial charge in [-0.15, -0.1) is 0 Å². The van der Waals surface area contributed by atoms with E-state index >= 15 is 0 Å². The van der Waals surface area contributed by atoms with E-state index in [4.69, 9.17) is 21.4 Å². The van der Waals surface area contributed by atoms with Crippen molar-refractivity contribution < 1.29 is 14.6 Å². The minimum absolute atomic E-state index is 0.198. The van der Waals surface area contributed by atoms with E-state index in [-0.39, 0.29) is 12.2 Å². The molecule has 0 saturated heterocycles. The predicted octanol–water partition coefficient (Wildman–Crippen LogP) is 4.60. The number of hydrogen-bond donors (Lipinski definition) is 2. The number of nitrogens with zero attached hydrogens (tertiary/aromatic N) is 2. The van der Waals surface area contributed by atoms with Gasteiger partial charge in [0.1, 0.15) is 6.61 Å². The first-order chi connectivity index (χ1) is 16.0. The van der Waals surface area contributed by atoms with E-state index in [1.54, 1.807) is 12.4 Å². The van der Waals surface area contributed by atoms with Crippen LogP contribution in [0.3, 0.4) is 0 Å². The van der Waals surface area contributed by atoms with E-state index in [0.717, 1.165) is 42.4 Å². The Kier molecular flexibility index (Phi) is 7.52. The highest BCUT2D eigenvalue weighted by Crippen LogP contribution is 2.36. The van der Waals surface area contributed by atoms with Crippen LogP contribution >= 0.6 is 11.6 Å². The minimum Gasteiger partial charge on any atom is -0.480 e. The lowest BCUT2D eigenvalue weighted by Crippen LogP contribution is -2.25. The Balaban J connectivity index is 1.61. The van der Waals surface area contributed by atoms with E-state index in [9.17, 15) is 9.59 Å². The van der Waals surface area contributed by atoms with Gasteiger partial charge in [0, 0.05) is 34.6 Å². The van der Waals surface area contributed by atoms with Crippen molar-refractivity contribution in [2.45, 2.75) is 32.1 Å². The smallest absolute Gasteiger partial charge is 0.329 e. The van der Waals surface area contributed by atoms with Crippen LogP contribution < -0.4 is 5.56 Å². The molecule has 2 aromatic heterocycles. The zero-order valence-corrected chi connectivity index (χ0v) is 18.9. The molecular formula is C25H26ClN3O4. The van der Waals surface area contributed by atoms with Gasteiger partial charge in [-0.2, -0.15) is 5.10 Å². The fraction of sp³-hybridized carbons (Fsp3) is 0.360. The number of pyridine rings is 1. The van der Waals surface area contributed by atoms with Crippen LogP contribution in [0.4, 0.5) is 0 Å². The van der Waals surface area contributed by atoms with E-state index < -0.39 is 5.97 Å². The molecule has 0 unspecified atom stereocenters. The summed E-state index contributed by atoms with van der Waals surface area (Å²) in [4.78, 5) is 27.9. The molecule has 1 aliphatic rings. The Bertz CT molecular complexity index is 1160. The maximum absolute atomic E-state index is 13.0. The average Bonchev–Trinajstić information content (AvgIpc) is 2.81. The monoisotopic (exact) mass is 467 g/mol. The number of benzene rings is 1. The zero-order valence-electron chi connectivity index (χ0n) is 18.2. The van der Waals surface area contributed by atoms with Gasteiger partial charge in [0.15, 0.2) is 0 Å². The predicted molar refractivity (Wildman–Crippen MR) is 126 cm³/mol. The molecule has 0 aliphatic heterocycles. The molecule has 2 N–H and O–H groups in total. The molecule has 0 amide bonds. The number of nitrogens with one attached hydrogen (secondary N) is 1. The summed E-state index contributed by atoms with van der Waals surface area (Å²) in [6.45, 7) is 0.206. The summed E-state index contributed by atoms with van der Waals surface area (Å²) in [5.41, 5.74) is 3.64. The molecule has 8 heteroatoms. The first-order valence-corrected chi connectivity index (χ1v) is 11.5. The topological polar surface area (TPSA) is 105 Å². The van der Waals surface area contributed by atoms with Crippen molar-refractivity contribution in [1.29, 1.82) is 0 Å². The van der Waals surface area contributed by atoms with E-state index in [0.29, 0.717) is 41.1 Å². The van der Waals surface area contributed by atoms with Gasteiger partial charge in [-0.1, -0.05) is 41.9 Å². The summed E-state index contributed by atoms with van der Waals surface area (Å²) < 4.78 is 5.28. The Morgan fingerprint density at radius 3 is 2.52 bits per heavy atom. The molecule has 4 rings (SSSR count). The van der Waals surface area contributed by atoms with Gasteiger partial charge in [0.05, 0.1) is 17.3 Å². The number of hydrogen-bond acceptors (Lipinski definition) is 5. The Morgan fingerprint density at radius 2 is 1.82 bits per heavy atom. The Hall–Kier alpha value is -3.03. The number of aromatic amines is 1. The highest BCUT2D eigenvalue weighted by atomic mass is 35.5. The minimum atomic E-state index is -0.946. The highest BCUT2D eigenvalue weighted by molar-refractivity contribution is 6.30. The second kappa shape index (κ2) is 10.7. The number of carboxylic acids is 1. The van der Waals surface area contributed by atoms with E-state index in [1.165, 1.54) is 0 Å². The van der Waals surface area contributed by atoms with Crippen LogP contribution in [0.5, 0.6) is 0 Å². The van der Waals surface area contributed by atoms with Crippen LogP contribution in [0, 0.1) is 11.8 Å². The van der Waals surface area contributed by atoms with E-state index in [1.807, 2.05) is 36.4 Å². The summed E-state index contributed by atoms with van der Waals surface area (Å²) >= 11 is 6.24. The van der Waals surface area contributed by atoms with Crippen molar-refractivity contribution in [3.05, 3.63) is 69.7 Å². The number of halogens is 1. The molecule has 0 atom stereocenters. The summed E-state index contributed by atoms with van der Waals surface area (Å²) in [6, 6.07) is 11.6. The van der Waals surface area contributed by atoms with Gasteiger partial charge >= 0.3 is 5.97 Å². The van der Waals surface area contributed by atoms with Crippen molar-refractivity contribution in [2.24, 2.45) is 11.8 Å². The van der Waals surface area contributed by atoms with Gasteiger partial charge in [-0.05, 0) is 50.0 Å². The molecule has 1 fully saturated rings. The normalized spacial score (nSPS) is 18.2. The fourth-order valence-electron chi connectivity index (χ4n) is 4.55. The lowest BCUT2D eigenvalue weighted by Gasteiger charge is -2.28. The number of carbonyl (C=O) groups is 1. The van der Waals surface area contributed by atoms with Crippen LogP contribution in [0.2, 0.25) is 5.02 Å². The molecule has 0 bridgehead atoms. The molecule has 1 saturated carbocycles. The van der Waals surface area contributed by atoms with Crippen molar-refractivity contribution in [3.63, 3.8) is 0 Å². The third kappa shape index (κ3) is 5.86. The first-order valence-electron chi connectivity index (χ1n) is 11.1. The lowest BCUT2D eigenvalue weighted by molar-refractivity contribution is -0.142. The number of ether oxygens (including phenoxy) is 1. The molecule has 7 nitrogen and oxygen atoms in total. The van der Waals surface area contributed by atoms with Gasteiger partial charge < -0.3 is 9.84 Å². The summed E-state index contributed by atoms with van der Waals surface area (Å²) in [5, 5.41) is 16.3. The van der Waals surface area contributed by atoms with Crippen molar-refractivity contribution in [1.82, 2.24) is 15.2 Å². The van der Waals surface area contributed by atoms with Gasteiger partial charge in [-0.3, -0.25) is 9.78 Å². The molecule has 33 heavy (non-hydrogen) atoms. The molecule has 3 aromatic rings. The van der Waals surface area contributed by atoms with Gasteiger partial charge in [0.25, 0.3) is 5.56 Å². The number of aromatic nitrogens is 3. The van der Waals surface area contributed by atoms with Crippen LogP contribution in [0.1, 0.15) is 31.2 Å². The quantitative estimate of drug-likeness (QED) is 0.501. The van der Waals surface area contributed by atoms with Crippen LogP contribution in [-0.4, -0.2) is 39.5 Å². The largest absolute Gasteiger partial charge is 0.480 e. The van der Waals surface area contributed by atoms with Crippen LogP contribution in [0.25, 0.3) is 22.4 Å². The fourth-order valence-corrected chi connectivity index (χ4v) is 4.72. The third-order valence-electron chi connectivity index (χ3n) is 6.16. The molecule has 0 radical (unpaired) electrons. The molecule has 1 aromatic carbocycles. The highest BCUT2D eigenvalue weighted by Gasteiger charge is 2.25. The van der Waals surface area contributed by atoms with Gasteiger partial charge in [-0.25, -0.2) is 9.89 Å². The number of carboxylic acid groups (broad SMARTS) is 1. The summed E-state index contributed by atoms with van der Waals surface area (Å²) in [6.07, 6.45) is 7.73.